The van der Waals surface area contributed by atoms with E-state index < -0.39 is 0 Å². The lowest BCUT2D eigenvalue weighted by molar-refractivity contribution is -0.0487. The van der Waals surface area contributed by atoms with Crippen molar-refractivity contribution in [3.8, 4) is 6.07 Å². The third-order valence-electron chi connectivity index (χ3n) is 4.17. The number of benzene rings is 1. The summed E-state index contributed by atoms with van der Waals surface area (Å²) in [6.45, 7) is 4.48. The van der Waals surface area contributed by atoms with E-state index in [9.17, 15) is 4.79 Å². The summed E-state index contributed by atoms with van der Waals surface area (Å²) in [6, 6.07) is 10.8. The van der Waals surface area contributed by atoms with Crippen LogP contribution in [-0.2, 0) is 4.74 Å². The fourth-order valence-corrected chi connectivity index (χ4v) is 3.05. The van der Waals surface area contributed by atoms with Gasteiger partial charge in [-0.05, 0) is 31.5 Å². The lowest BCUT2D eigenvalue weighted by Gasteiger charge is -2.38. The number of furan rings is 1. The van der Waals surface area contributed by atoms with E-state index in [-0.39, 0.29) is 23.8 Å². The third-order valence-corrected chi connectivity index (χ3v) is 4.41. The minimum Gasteiger partial charge on any atom is -0.450 e. The Kier molecular flexibility index (Phi) is 4.61. The first-order valence-corrected chi connectivity index (χ1v) is 8.06. The van der Waals surface area contributed by atoms with Crippen LogP contribution < -0.4 is 0 Å². The Balaban J connectivity index is 1.84. The Hall–Kier alpha value is -2.29. The molecule has 1 aromatic heterocycles. The number of nitriles is 1. The molecule has 2 heterocycles. The van der Waals surface area contributed by atoms with Gasteiger partial charge in [0, 0.05) is 11.1 Å². The summed E-state index contributed by atoms with van der Waals surface area (Å²) in [5.74, 6) is 0.443. The lowest BCUT2D eigenvalue weighted by atomic mass is 10.0. The molecule has 1 saturated heterocycles. The van der Waals surface area contributed by atoms with Gasteiger partial charge in [0.2, 0.25) is 5.76 Å². The van der Waals surface area contributed by atoms with Crippen molar-refractivity contribution in [2.45, 2.75) is 26.0 Å². The summed E-state index contributed by atoms with van der Waals surface area (Å²) in [6.07, 6.45) is -0.230. The van der Waals surface area contributed by atoms with Gasteiger partial charge in [-0.25, -0.2) is 0 Å². The van der Waals surface area contributed by atoms with Crippen LogP contribution in [0.5, 0.6) is 0 Å². The molecule has 1 aliphatic rings. The van der Waals surface area contributed by atoms with Crippen molar-refractivity contribution in [2.24, 2.45) is 0 Å². The highest BCUT2D eigenvalue weighted by Gasteiger charge is 2.32. The SMILES string of the molecule is Cc1oc(C#N)cc1C(=O)N1C[C@H](c2cccc(Cl)c2)OC[C@H]1C. The van der Waals surface area contributed by atoms with Crippen molar-refractivity contribution in [3.63, 3.8) is 0 Å². The number of nitrogens with zero attached hydrogens (tertiary/aromatic N) is 2. The number of carbonyl (C=O) groups is 1. The predicted molar refractivity (Wildman–Crippen MR) is 88.8 cm³/mol. The van der Waals surface area contributed by atoms with E-state index >= 15 is 0 Å². The van der Waals surface area contributed by atoms with Crippen molar-refractivity contribution in [2.75, 3.05) is 13.2 Å². The zero-order valence-corrected chi connectivity index (χ0v) is 14.2. The molecule has 124 valence electrons. The van der Waals surface area contributed by atoms with Crippen LogP contribution in [0.1, 0.15) is 40.5 Å². The number of carbonyl (C=O) groups excluding carboxylic acids is 1. The topological polar surface area (TPSA) is 66.5 Å². The van der Waals surface area contributed by atoms with Gasteiger partial charge in [-0.3, -0.25) is 4.79 Å². The summed E-state index contributed by atoms with van der Waals surface area (Å²) < 4.78 is 11.2. The summed E-state index contributed by atoms with van der Waals surface area (Å²) in [5, 5.41) is 9.57. The fraction of sp³-hybridized carbons (Fsp3) is 0.333. The summed E-state index contributed by atoms with van der Waals surface area (Å²) in [5.41, 5.74) is 1.36. The van der Waals surface area contributed by atoms with Crippen LogP contribution in [0.4, 0.5) is 0 Å². The van der Waals surface area contributed by atoms with Crippen LogP contribution in [0.2, 0.25) is 5.02 Å². The second-order valence-corrected chi connectivity index (χ2v) is 6.31. The molecule has 1 fully saturated rings. The fourth-order valence-electron chi connectivity index (χ4n) is 2.85. The van der Waals surface area contributed by atoms with E-state index in [4.69, 9.17) is 26.0 Å². The Morgan fingerprint density at radius 1 is 1.42 bits per heavy atom. The second kappa shape index (κ2) is 6.68. The van der Waals surface area contributed by atoms with E-state index in [0.29, 0.717) is 29.5 Å². The molecule has 2 aromatic rings. The Morgan fingerprint density at radius 3 is 2.88 bits per heavy atom. The molecule has 0 spiro atoms. The van der Waals surface area contributed by atoms with Gasteiger partial charge in [0.25, 0.3) is 5.91 Å². The first-order chi connectivity index (χ1) is 11.5. The lowest BCUT2D eigenvalue weighted by Crippen LogP contribution is -2.48. The number of rotatable bonds is 2. The van der Waals surface area contributed by atoms with Crippen molar-refractivity contribution in [1.82, 2.24) is 4.90 Å². The minimum atomic E-state index is -0.230. The van der Waals surface area contributed by atoms with Gasteiger partial charge >= 0.3 is 0 Å². The Bertz CT molecular complexity index is 809. The van der Waals surface area contributed by atoms with Gasteiger partial charge in [0.05, 0.1) is 24.8 Å². The summed E-state index contributed by atoms with van der Waals surface area (Å²) >= 11 is 6.05. The molecule has 0 saturated carbocycles. The van der Waals surface area contributed by atoms with Gasteiger partial charge in [-0.2, -0.15) is 5.26 Å². The number of hydrogen-bond donors (Lipinski definition) is 0. The minimum absolute atomic E-state index is 0.0623. The number of ether oxygens (including phenoxy) is 1. The van der Waals surface area contributed by atoms with Crippen molar-refractivity contribution < 1.29 is 13.9 Å². The summed E-state index contributed by atoms with van der Waals surface area (Å²) in [4.78, 5) is 14.6. The monoisotopic (exact) mass is 344 g/mol. The molecule has 0 radical (unpaired) electrons. The molecule has 0 N–H and O–H groups in total. The molecular formula is C18H17ClN2O3. The zero-order chi connectivity index (χ0) is 17.3. The first kappa shape index (κ1) is 16.6. The van der Waals surface area contributed by atoms with Gasteiger partial charge in [0.15, 0.2) is 0 Å². The van der Waals surface area contributed by atoms with E-state index in [0.717, 1.165) is 5.56 Å². The van der Waals surface area contributed by atoms with Crippen LogP contribution in [0.25, 0.3) is 0 Å². The van der Waals surface area contributed by atoms with Crippen molar-refractivity contribution >= 4 is 17.5 Å². The van der Waals surface area contributed by atoms with Crippen molar-refractivity contribution in [1.29, 1.82) is 5.26 Å². The van der Waals surface area contributed by atoms with E-state index in [1.54, 1.807) is 17.9 Å². The average molecular weight is 345 g/mol. The standard InChI is InChI=1S/C18H17ClN2O3/c1-11-10-23-17(13-4-3-5-14(19)6-13)9-21(11)18(22)16-7-15(8-20)24-12(16)2/h3-7,11,17H,9-10H2,1-2H3/t11-,17-/m1/s1. The summed E-state index contributed by atoms with van der Waals surface area (Å²) in [7, 11) is 0. The van der Waals surface area contributed by atoms with Gasteiger partial charge in [0.1, 0.15) is 17.9 Å². The van der Waals surface area contributed by atoms with Gasteiger partial charge < -0.3 is 14.1 Å². The number of hydrogen-bond acceptors (Lipinski definition) is 4. The second-order valence-electron chi connectivity index (χ2n) is 5.88. The first-order valence-electron chi connectivity index (χ1n) is 7.68. The smallest absolute Gasteiger partial charge is 0.257 e. The predicted octanol–water partition coefficient (Wildman–Crippen LogP) is 3.72. The largest absolute Gasteiger partial charge is 0.450 e. The van der Waals surface area contributed by atoms with Crippen LogP contribution in [0, 0.1) is 18.3 Å². The van der Waals surface area contributed by atoms with Crippen LogP contribution in [0.3, 0.4) is 0 Å². The van der Waals surface area contributed by atoms with Gasteiger partial charge in [-0.15, -0.1) is 0 Å². The molecule has 6 heteroatoms. The number of aryl methyl sites for hydroxylation is 1. The molecule has 5 nitrogen and oxygen atoms in total. The maximum Gasteiger partial charge on any atom is 0.257 e. The Labute approximate surface area is 145 Å². The molecular weight excluding hydrogens is 328 g/mol. The highest BCUT2D eigenvalue weighted by molar-refractivity contribution is 6.30. The average Bonchev–Trinajstić information content (AvgIpc) is 2.95. The maximum absolute atomic E-state index is 12.9. The van der Waals surface area contributed by atoms with E-state index in [2.05, 4.69) is 0 Å². The van der Waals surface area contributed by atoms with E-state index in [1.807, 2.05) is 31.2 Å². The molecule has 0 unspecified atom stereocenters. The molecule has 3 rings (SSSR count). The third kappa shape index (κ3) is 3.16. The number of halogens is 1. The zero-order valence-electron chi connectivity index (χ0n) is 13.5. The normalized spacial score (nSPS) is 20.7. The maximum atomic E-state index is 12.9. The molecule has 2 atom stereocenters. The van der Waals surface area contributed by atoms with Crippen molar-refractivity contribution in [3.05, 3.63) is 58.0 Å². The highest BCUT2D eigenvalue weighted by Crippen LogP contribution is 2.28. The molecule has 0 aliphatic carbocycles. The van der Waals surface area contributed by atoms with E-state index in [1.165, 1.54) is 6.07 Å². The molecule has 1 amide bonds. The van der Waals surface area contributed by atoms with Gasteiger partial charge in [-0.1, -0.05) is 23.7 Å². The molecule has 24 heavy (non-hydrogen) atoms. The van der Waals surface area contributed by atoms with Crippen LogP contribution in [-0.4, -0.2) is 30.0 Å². The Morgan fingerprint density at radius 2 is 2.21 bits per heavy atom. The molecule has 1 aromatic carbocycles. The highest BCUT2D eigenvalue weighted by atomic mass is 35.5. The quantitative estimate of drug-likeness (QED) is 0.832. The molecule has 1 aliphatic heterocycles. The van der Waals surface area contributed by atoms with Crippen LogP contribution in [0.15, 0.2) is 34.7 Å². The van der Waals surface area contributed by atoms with Crippen LogP contribution >= 0.6 is 11.6 Å². The molecule has 0 bridgehead atoms. The number of morpholine rings is 1. The number of amides is 1.